The number of carbonyl (C=O) groups is 1. The normalized spacial score (nSPS) is 10.7. The third-order valence-corrected chi connectivity index (χ3v) is 3.88. The summed E-state index contributed by atoms with van der Waals surface area (Å²) in [7, 11) is 1.49. The second kappa shape index (κ2) is 6.04. The number of ether oxygens (including phenoxy) is 1. The standard InChI is InChI=1S/C17H14N2O5/c1-24-16-7-11(17(20)21)3-2-10(16)6-12-9-18-15-8-13(19(22)23)4-5-14(12)15/h2-5,7-9,18H,6H2,1H3,(H,20,21). The van der Waals surface area contributed by atoms with Gasteiger partial charge in [0.1, 0.15) is 5.75 Å². The summed E-state index contributed by atoms with van der Waals surface area (Å²) in [6.07, 6.45) is 2.31. The first-order valence-electron chi connectivity index (χ1n) is 7.14. The average molecular weight is 326 g/mol. The van der Waals surface area contributed by atoms with Gasteiger partial charge in [0, 0.05) is 30.1 Å². The van der Waals surface area contributed by atoms with Crippen molar-refractivity contribution >= 4 is 22.6 Å². The van der Waals surface area contributed by atoms with Gasteiger partial charge in [-0.15, -0.1) is 0 Å². The van der Waals surface area contributed by atoms with E-state index in [9.17, 15) is 14.9 Å². The zero-order valence-electron chi connectivity index (χ0n) is 12.8. The molecule has 7 nitrogen and oxygen atoms in total. The van der Waals surface area contributed by atoms with Gasteiger partial charge in [-0.25, -0.2) is 4.79 Å². The number of hydrogen-bond donors (Lipinski definition) is 2. The van der Waals surface area contributed by atoms with Crippen molar-refractivity contribution in [1.29, 1.82) is 0 Å². The highest BCUT2D eigenvalue weighted by atomic mass is 16.6. The molecule has 0 amide bonds. The van der Waals surface area contributed by atoms with Gasteiger partial charge >= 0.3 is 5.97 Å². The Morgan fingerprint density at radius 1 is 1.25 bits per heavy atom. The van der Waals surface area contributed by atoms with Crippen molar-refractivity contribution in [3.05, 3.63) is 69.4 Å². The lowest BCUT2D eigenvalue weighted by Crippen LogP contribution is -2.00. The van der Waals surface area contributed by atoms with Gasteiger partial charge < -0.3 is 14.8 Å². The Kier molecular flexibility index (Phi) is 3.91. The van der Waals surface area contributed by atoms with Crippen LogP contribution in [0.15, 0.2) is 42.6 Å². The molecule has 2 aromatic carbocycles. The van der Waals surface area contributed by atoms with Gasteiger partial charge in [-0.05, 0) is 29.3 Å². The van der Waals surface area contributed by atoms with Gasteiger partial charge in [-0.2, -0.15) is 0 Å². The first-order valence-corrected chi connectivity index (χ1v) is 7.14. The first kappa shape index (κ1) is 15.5. The van der Waals surface area contributed by atoms with Crippen molar-refractivity contribution in [2.75, 3.05) is 7.11 Å². The zero-order valence-corrected chi connectivity index (χ0v) is 12.8. The van der Waals surface area contributed by atoms with Crippen molar-refractivity contribution in [3.8, 4) is 5.75 Å². The summed E-state index contributed by atoms with van der Waals surface area (Å²) in [6.45, 7) is 0. The lowest BCUT2D eigenvalue weighted by molar-refractivity contribution is -0.384. The van der Waals surface area contributed by atoms with E-state index in [-0.39, 0.29) is 11.3 Å². The van der Waals surface area contributed by atoms with Crippen molar-refractivity contribution in [2.45, 2.75) is 6.42 Å². The van der Waals surface area contributed by atoms with Crippen LogP contribution in [0.25, 0.3) is 10.9 Å². The maximum Gasteiger partial charge on any atom is 0.335 e. The van der Waals surface area contributed by atoms with E-state index >= 15 is 0 Å². The van der Waals surface area contributed by atoms with Crippen molar-refractivity contribution in [3.63, 3.8) is 0 Å². The molecule has 2 N–H and O–H groups in total. The van der Waals surface area contributed by atoms with E-state index in [0.717, 1.165) is 16.5 Å². The van der Waals surface area contributed by atoms with Crippen LogP contribution < -0.4 is 4.74 Å². The molecule has 7 heteroatoms. The number of aromatic nitrogens is 1. The Balaban J connectivity index is 1.98. The quantitative estimate of drug-likeness (QED) is 0.552. The highest BCUT2D eigenvalue weighted by molar-refractivity contribution is 5.88. The van der Waals surface area contributed by atoms with Crippen LogP contribution in [-0.4, -0.2) is 28.1 Å². The molecule has 0 aliphatic rings. The molecule has 0 radical (unpaired) electrons. The number of non-ortho nitro benzene ring substituents is 1. The minimum absolute atomic E-state index is 0.0271. The number of methoxy groups -OCH3 is 1. The number of aromatic amines is 1. The Morgan fingerprint density at radius 2 is 2.04 bits per heavy atom. The predicted octanol–water partition coefficient (Wildman–Crippen LogP) is 3.37. The second-order valence-corrected chi connectivity index (χ2v) is 5.31. The first-order chi connectivity index (χ1) is 11.5. The maximum absolute atomic E-state index is 11.0. The molecule has 0 spiro atoms. The predicted molar refractivity (Wildman–Crippen MR) is 87.7 cm³/mol. The molecule has 0 saturated carbocycles. The van der Waals surface area contributed by atoms with Crippen molar-refractivity contribution in [1.82, 2.24) is 4.98 Å². The van der Waals surface area contributed by atoms with Crippen LogP contribution in [0.3, 0.4) is 0 Å². The molecule has 24 heavy (non-hydrogen) atoms. The molecule has 1 aromatic heterocycles. The van der Waals surface area contributed by atoms with E-state index in [4.69, 9.17) is 9.84 Å². The van der Waals surface area contributed by atoms with Gasteiger partial charge in [-0.3, -0.25) is 10.1 Å². The highest BCUT2D eigenvalue weighted by Crippen LogP contribution is 2.28. The van der Waals surface area contributed by atoms with Crippen LogP contribution in [-0.2, 0) is 6.42 Å². The molecule has 122 valence electrons. The lowest BCUT2D eigenvalue weighted by atomic mass is 10.0. The molecule has 0 unspecified atom stereocenters. The number of rotatable bonds is 5. The van der Waals surface area contributed by atoms with Crippen LogP contribution in [0.2, 0.25) is 0 Å². The summed E-state index contributed by atoms with van der Waals surface area (Å²) in [4.78, 5) is 24.5. The summed E-state index contributed by atoms with van der Waals surface area (Å²) in [5, 5.41) is 20.8. The largest absolute Gasteiger partial charge is 0.496 e. The van der Waals surface area contributed by atoms with E-state index in [1.165, 1.54) is 31.4 Å². The molecule has 3 rings (SSSR count). The van der Waals surface area contributed by atoms with Crippen molar-refractivity contribution < 1.29 is 19.6 Å². The number of H-pyrrole nitrogens is 1. The summed E-state index contributed by atoms with van der Waals surface area (Å²) in [5.41, 5.74) is 2.65. The Morgan fingerprint density at radius 3 is 2.71 bits per heavy atom. The van der Waals surface area contributed by atoms with Gasteiger partial charge in [0.2, 0.25) is 0 Å². The van der Waals surface area contributed by atoms with Crippen LogP contribution in [0.1, 0.15) is 21.5 Å². The molecule has 0 aliphatic carbocycles. The fraction of sp³-hybridized carbons (Fsp3) is 0.118. The van der Waals surface area contributed by atoms with E-state index in [1.54, 1.807) is 18.3 Å². The van der Waals surface area contributed by atoms with E-state index in [2.05, 4.69) is 4.98 Å². The van der Waals surface area contributed by atoms with Crippen LogP contribution >= 0.6 is 0 Å². The third kappa shape index (κ3) is 2.79. The highest BCUT2D eigenvalue weighted by Gasteiger charge is 2.13. The number of nitrogens with one attached hydrogen (secondary N) is 1. The molecule has 0 atom stereocenters. The number of nitrogens with zero attached hydrogens (tertiary/aromatic N) is 1. The Bertz CT molecular complexity index is 945. The SMILES string of the molecule is COc1cc(C(=O)O)ccc1Cc1c[nH]c2cc([N+](=O)[O-])ccc12. The number of carboxylic acid groups (broad SMARTS) is 1. The van der Waals surface area contributed by atoms with Crippen LogP contribution in [0.5, 0.6) is 5.75 Å². The number of hydrogen-bond acceptors (Lipinski definition) is 4. The van der Waals surface area contributed by atoms with E-state index in [0.29, 0.717) is 17.7 Å². The van der Waals surface area contributed by atoms with Gasteiger partial charge in [0.25, 0.3) is 5.69 Å². The van der Waals surface area contributed by atoms with Crippen molar-refractivity contribution in [2.24, 2.45) is 0 Å². The summed E-state index contributed by atoms with van der Waals surface area (Å²) < 4.78 is 5.28. The molecular weight excluding hydrogens is 312 g/mol. The van der Waals surface area contributed by atoms with Gasteiger partial charge in [0.05, 0.1) is 23.1 Å². The van der Waals surface area contributed by atoms with Crippen LogP contribution in [0, 0.1) is 10.1 Å². The number of nitro groups is 1. The monoisotopic (exact) mass is 326 g/mol. The fourth-order valence-corrected chi connectivity index (χ4v) is 2.66. The third-order valence-electron chi connectivity index (χ3n) is 3.88. The summed E-state index contributed by atoms with van der Waals surface area (Å²) in [5.74, 6) is -0.523. The molecule has 0 aliphatic heterocycles. The molecule has 0 saturated heterocycles. The minimum Gasteiger partial charge on any atom is -0.496 e. The molecular formula is C17H14N2O5. The number of fused-ring (bicyclic) bond motifs is 1. The zero-order chi connectivity index (χ0) is 17.3. The fourth-order valence-electron chi connectivity index (χ4n) is 2.66. The molecule has 0 fully saturated rings. The molecule has 3 aromatic rings. The number of nitro benzene ring substituents is 1. The van der Waals surface area contributed by atoms with Crippen LogP contribution in [0.4, 0.5) is 5.69 Å². The smallest absolute Gasteiger partial charge is 0.335 e. The molecule has 1 heterocycles. The summed E-state index contributed by atoms with van der Waals surface area (Å²) in [6, 6.07) is 9.38. The average Bonchev–Trinajstić information content (AvgIpc) is 2.97. The lowest BCUT2D eigenvalue weighted by Gasteiger charge is -2.09. The maximum atomic E-state index is 11.0. The second-order valence-electron chi connectivity index (χ2n) is 5.31. The molecule has 0 bridgehead atoms. The van der Waals surface area contributed by atoms with Gasteiger partial charge in [-0.1, -0.05) is 6.07 Å². The number of carboxylic acids is 1. The Labute approximate surface area is 136 Å². The Hall–Kier alpha value is -3.35. The number of aromatic carboxylic acids is 1. The number of benzene rings is 2. The van der Waals surface area contributed by atoms with Gasteiger partial charge in [0.15, 0.2) is 0 Å². The summed E-state index contributed by atoms with van der Waals surface area (Å²) >= 11 is 0. The minimum atomic E-state index is -1.01. The topological polar surface area (TPSA) is 105 Å². The van der Waals surface area contributed by atoms with E-state index in [1.807, 2.05) is 0 Å². The van der Waals surface area contributed by atoms with E-state index < -0.39 is 10.9 Å².